The maximum Gasteiger partial charge on any atom is 0.267 e. The Labute approximate surface area is 137 Å². The predicted molar refractivity (Wildman–Crippen MR) is 84.5 cm³/mol. The zero-order valence-corrected chi connectivity index (χ0v) is 13.8. The molecule has 0 aliphatic carbocycles. The van der Waals surface area contributed by atoms with Gasteiger partial charge in [-0.25, -0.2) is 5.48 Å². The van der Waals surface area contributed by atoms with Crippen LogP contribution in [0.25, 0.3) is 0 Å². The number of aromatic hydroxyl groups is 1. The molecule has 2 atom stereocenters. The van der Waals surface area contributed by atoms with Crippen molar-refractivity contribution in [1.82, 2.24) is 5.48 Å². The minimum Gasteiger partial charge on any atom is -0.508 e. The van der Waals surface area contributed by atoms with Gasteiger partial charge in [0.15, 0.2) is 0 Å². The molecule has 22 heavy (non-hydrogen) atoms. The third-order valence-corrected chi connectivity index (χ3v) is 3.53. The summed E-state index contributed by atoms with van der Waals surface area (Å²) in [6.07, 6.45) is 2.20. The van der Waals surface area contributed by atoms with Crippen LogP contribution < -0.4 is 5.48 Å². The summed E-state index contributed by atoms with van der Waals surface area (Å²) >= 11 is 3.30. The monoisotopic (exact) mass is 373 g/mol. The molecule has 1 aromatic rings. The Balaban J connectivity index is 2.74. The minimum atomic E-state index is -0.988. The summed E-state index contributed by atoms with van der Waals surface area (Å²) in [5.74, 6) is -0.617. The number of allylic oxidation sites excluding steroid dienone is 1. The van der Waals surface area contributed by atoms with Crippen LogP contribution in [0.3, 0.4) is 0 Å². The zero-order chi connectivity index (χ0) is 16.5. The average Bonchev–Trinajstić information content (AvgIpc) is 2.51. The van der Waals surface area contributed by atoms with Crippen molar-refractivity contribution in [2.24, 2.45) is 0 Å². The molecule has 0 radical (unpaired) electrons. The Hall–Kier alpha value is -1.41. The van der Waals surface area contributed by atoms with E-state index in [4.69, 9.17) is 9.94 Å². The van der Waals surface area contributed by atoms with Crippen LogP contribution in [-0.4, -0.2) is 34.0 Å². The van der Waals surface area contributed by atoms with Crippen LogP contribution in [0.5, 0.6) is 5.75 Å². The van der Waals surface area contributed by atoms with E-state index >= 15 is 0 Å². The van der Waals surface area contributed by atoms with Crippen molar-refractivity contribution in [1.29, 1.82) is 0 Å². The van der Waals surface area contributed by atoms with E-state index in [0.717, 1.165) is 4.47 Å². The second kappa shape index (κ2) is 9.58. The first kappa shape index (κ1) is 18.6. The van der Waals surface area contributed by atoms with Crippen LogP contribution in [-0.2, 0) is 9.53 Å². The molecule has 0 saturated heterocycles. The molecule has 122 valence electrons. The molecule has 1 aromatic carbocycles. The largest absolute Gasteiger partial charge is 0.508 e. The first-order chi connectivity index (χ1) is 10.5. The van der Waals surface area contributed by atoms with Crippen molar-refractivity contribution >= 4 is 21.8 Å². The molecule has 0 fully saturated rings. The third-order valence-electron chi connectivity index (χ3n) is 3.04. The van der Waals surface area contributed by atoms with Gasteiger partial charge in [0.1, 0.15) is 11.9 Å². The number of hydroxylamine groups is 1. The molecule has 0 aliphatic heterocycles. The Morgan fingerprint density at radius 3 is 2.86 bits per heavy atom. The fourth-order valence-electron chi connectivity index (χ4n) is 2.00. The normalized spacial score (nSPS) is 14.0. The average molecular weight is 374 g/mol. The van der Waals surface area contributed by atoms with E-state index in [1.165, 1.54) is 17.6 Å². The predicted octanol–water partition coefficient (Wildman–Crippen LogP) is 2.44. The van der Waals surface area contributed by atoms with Crippen molar-refractivity contribution in [3.63, 3.8) is 0 Å². The highest BCUT2D eigenvalue weighted by molar-refractivity contribution is 9.10. The van der Waals surface area contributed by atoms with Gasteiger partial charge < -0.3 is 14.9 Å². The maximum atomic E-state index is 10.9. The highest BCUT2D eigenvalue weighted by atomic mass is 79.9. The first-order valence-electron chi connectivity index (χ1n) is 6.88. The van der Waals surface area contributed by atoms with Gasteiger partial charge in [0.2, 0.25) is 0 Å². The molecule has 0 spiro atoms. The van der Waals surface area contributed by atoms with Crippen molar-refractivity contribution in [3.05, 3.63) is 40.4 Å². The second-order valence-electron chi connectivity index (χ2n) is 4.60. The van der Waals surface area contributed by atoms with Gasteiger partial charge in [-0.3, -0.25) is 10.0 Å². The molecular weight excluding hydrogens is 354 g/mol. The Morgan fingerprint density at radius 2 is 2.23 bits per heavy atom. The molecule has 1 amide bonds. The van der Waals surface area contributed by atoms with E-state index < -0.39 is 18.1 Å². The van der Waals surface area contributed by atoms with E-state index in [1.54, 1.807) is 18.2 Å². The van der Waals surface area contributed by atoms with Crippen LogP contribution in [0, 0.1) is 0 Å². The molecular formula is C15H20BrNO5. The van der Waals surface area contributed by atoms with Crippen LogP contribution in [0.4, 0.5) is 0 Å². The summed E-state index contributed by atoms with van der Waals surface area (Å²) in [5, 5.41) is 28.7. The summed E-state index contributed by atoms with van der Waals surface area (Å²) in [4.78, 5) is 10.9. The van der Waals surface area contributed by atoms with Crippen molar-refractivity contribution < 1.29 is 25.0 Å². The Kier molecular flexibility index (Phi) is 8.11. The van der Waals surface area contributed by atoms with Crippen LogP contribution in [0.1, 0.15) is 31.4 Å². The van der Waals surface area contributed by atoms with Gasteiger partial charge in [-0.15, -0.1) is 0 Å². The van der Waals surface area contributed by atoms with Gasteiger partial charge in [-0.05, 0) is 38.0 Å². The molecule has 4 N–H and O–H groups in total. The number of amides is 1. The fraction of sp³-hybridized carbons (Fsp3) is 0.400. The van der Waals surface area contributed by atoms with Crippen molar-refractivity contribution in [2.45, 2.75) is 32.0 Å². The van der Waals surface area contributed by atoms with E-state index in [2.05, 4.69) is 15.9 Å². The number of aliphatic hydroxyl groups is 1. The van der Waals surface area contributed by atoms with Crippen LogP contribution in [0.2, 0.25) is 0 Å². The van der Waals surface area contributed by atoms with Gasteiger partial charge in [0, 0.05) is 22.7 Å². The fourth-order valence-corrected chi connectivity index (χ4v) is 2.38. The Morgan fingerprint density at radius 1 is 1.50 bits per heavy atom. The molecule has 0 aromatic heterocycles. The number of benzene rings is 1. The quantitative estimate of drug-likeness (QED) is 0.318. The van der Waals surface area contributed by atoms with E-state index in [1.807, 2.05) is 6.92 Å². The van der Waals surface area contributed by atoms with E-state index in [0.29, 0.717) is 25.0 Å². The molecule has 0 heterocycles. The number of carbonyl (C=O) groups excluding carboxylic acids is 1. The summed E-state index contributed by atoms with van der Waals surface area (Å²) in [6, 6.07) is 4.82. The van der Waals surface area contributed by atoms with Gasteiger partial charge in [0.05, 0.1) is 6.10 Å². The standard InChI is InChI=1S/C15H20BrNO5/c1-2-22-13(5-3-4-6-14(19)17-21)15(20)11-9-10(16)7-8-12(11)18/h4,6-9,13,15,18,20-21H,2-3,5H2,1H3,(H,17,19)/b6-4+/t13-,15-/m0/s1. The number of aliphatic hydroxyl groups excluding tert-OH is 1. The van der Waals surface area contributed by atoms with E-state index in [-0.39, 0.29) is 5.75 Å². The first-order valence-corrected chi connectivity index (χ1v) is 7.67. The molecule has 0 aliphatic rings. The minimum absolute atomic E-state index is 0.00407. The maximum absolute atomic E-state index is 10.9. The number of halogens is 1. The lowest BCUT2D eigenvalue weighted by Crippen LogP contribution is -2.22. The number of nitrogens with one attached hydrogen (secondary N) is 1. The molecule has 6 nitrogen and oxygen atoms in total. The topological polar surface area (TPSA) is 99.0 Å². The highest BCUT2D eigenvalue weighted by Crippen LogP contribution is 2.31. The number of rotatable bonds is 8. The van der Waals surface area contributed by atoms with Gasteiger partial charge in [-0.1, -0.05) is 22.0 Å². The van der Waals surface area contributed by atoms with Crippen molar-refractivity contribution in [3.8, 4) is 5.75 Å². The lowest BCUT2D eigenvalue weighted by atomic mass is 9.99. The summed E-state index contributed by atoms with van der Waals surface area (Å²) in [7, 11) is 0. The lowest BCUT2D eigenvalue weighted by molar-refractivity contribution is -0.124. The third kappa shape index (κ3) is 5.76. The van der Waals surface area contributed by atoms with Gasteiger partial charge >= 0.3 is 0 Å². The van der Waals surface area contributed by atoms with Crippen LogP contribution >= 0.6 is 15.9 Å². The Bertz CT molecular complexity index is 521. The summed E-state index contributed by atoms with van der Waals surface area (Å²) < 4.78 is 6.27. The highest BCUT2D eigenvalue weighted by Gasteiger charge is 2.23. The summed E-state index contributed by atoms with van der Waals surface area (Å²) in [6.45, 7) is 2.23. The number of phenolic OH excluding ortho intramolecular Hbond substituents is 1. The van der Waals surface area contributed by atoms with Crippen LogP contribution in [0.15, 0.2) is 34.8 Å². The molecule has 7 heteroatoms. The molecule has 0 bridgehead atoms. The second-order valence-corrected chi connectivity index (χ2v) is 5.51. The number of carbonyl (C=O) groups is 1. The summed E-state index contributed by atoms with van der Waals surface area (Å²) in [5.41, 5.74) is 1.88. The lowest BCUT2D eigenvalue weighted by Gasteiger charge is -2.23. The van der Waals surface area contributed by atoms with E-state index in [9.17, 15) is 15.0 Å². The number of hydrogen-bond donors (Lipinski definition) is 4. The molecule has 0 unspecified atom stereocenters. The SMILES string of the molecule is CCO[C@@H](CC/C=C/C(=O)NO)[C@@H](O)c1cc(Br)ccc1O. The van der Waals surface area contributed by atoms with Gasteiger partial charge in [-0.2, -0.15) is 0 Å². The molecule has 1 rings (SSSR count). The van der Waals surface area contributed by atoms with Crippen molar-refractivity contribution in [2.75, 3.05) is 6.61 Å². The molecule has 0 saturated carbocycles. The number of phenols is 1. The number of hydrogen-bond acceptors (Lipinski definition) is 5. The zero-order valence-electron chi connectivity index (χ0n) is 12.2. The smallest absolute Gasteiger partial charge is 0.267 e. The number of ether oxygens (including phenoxy) is 1. The van der Waals surface area contributed by atoms with Gasteiger partial charge in [0.25, 0.3) is 5.91 Å².